The van der Waals surface area contributed by atoms with E-state index in [0.29, 0.717) is 0 Å². The van der Waals surface area contributed by atoms with E-state index >= 15 is 0 Å². The van der Waals surface area contributed by atoms with Crippen molar-refractivity contribution in [1.29, 1.82) is 5.26 Å². The Morgan fingerprint density at radius 3 is 2.29 bits per heavy atom. The van der Waals surface area contributed by atoms with Gasteiger partial charge in [-0.05, 0) is 6.92 Å². The van der Waals surface area contributed by atoms with Crippen molar-refractivity contribution in [3.05, 3.63) is 0 Å². The van der Waals surface area contributed by atoms with Crippen molar-refractivity contribution < 1.29 is 5.11 Å². The first-order chi connectivity index (χ1) is 3.18. The Bertz CT molecular complexity index is 86.2. The molecule has 0 aliphatic rings. The van der Waals surface area contributed by atoms with Crippen LogP contribution < -0.4 is 0 Å². The quantitative estimate of drug-likeness (QED) is 0.578. The number of aliphatic hydroxyl groups excluding tert-OH is 1. The molecule has 3 heteroatoms. The van der Waals surface area contributed by atoms with Gasteiger partial charge in [0, 0.05) is 0 Å². The Balaban J connectivity index is 3.40. The molecule has 0 aliphatic heterocycles. The van der Waals surface area contributed by atoms with Crippen molar-refractivity contribution in [3.63, 3.8) is 0 Å². The van der Waals surface area contributed by atoms with E-state index in [1.165, 1.54) is 0 Å². The lowest BCUT2D eigenvalue weighted by atomic mass is 10.3. The normalized spacial score (nSPS) is 17.4. The lowest BCUT2D eigenvalue weighted by Crippen LogP contribution is -2.12. The Hall–Kier alpha value is -0.0700. The number of hydrogen-bond acceptors (Lipinski definition) is 2. The summed E-state index contributed by atoms with van der Waals surface area (Å²) in [4.78, 5) is -0.424. The van der Waals surface area contributed by atoms with Crippen LogP contribution in [-0.4, -0.2) is 16.0 Å². The minimum absolute atomic E-state index is 0.424. The molecule has 0 saturated heterocycles. The second-order valence-corrected chi connectivity index (χ2v) is 2.26. The molecule has 0 aromatic heterocycles. The average Bonchev–Trinajstić information content (AvgIpc) is 1.65. The molecule has 0 aromatic carbocycles. The van der Waals surface area contributed by atoms with E-state index in [1.54, 1.807) is 6.92 Å². The third-order valence-electron chi connectivity index (χ3n) is 0.547. The summed E-state index contributed by atoms with van der Waals surface area (Å²) in [6.45, 7) is 1.56. The van der Waals surface area contributed by atoms with Gasteiger partial charge in [0.2, 0.25) is 0 Å². The van der Waals surface area contributed by atoms with Crippen LogP contribution in [0.2, 0.25) is 0 Å². The zero-order chi connectivity index (χ0) is 5.86. The number of hydrogen-bond donors (Lipinski definition) is 1. The number of alkyl halides is 1. The maximum absolute atomic E-state index is 8.55. The van der Waals surface area contributed by atoms with E-state index in [1.807, 2.05) is 6.07 Å². The van der Waals surface area contributed by atoms with Gasteiger partial charge in [-0.25, -0.2) is 0 Å². The first kappa shape index (κ1) is 6.93. The minimum atomic E-state index is -0.579. The lowest BCUT2D eigenvalue weighted by Gasteiger charge is -1.99. The van der Waals surface area contributed by atoms with Crippen molar-refractivity contribution in [3.8, 4) is 6.07 Å². The van der Waals surface area contributed by atoms with Crippen LogP contribution in [0.15, 0.2) is 0 Å². The van der Waals surface area contributed by atoms with Gasteiger partial charge >= 0.3 is 0 Å². The molecule has 0 aromatic rings. The van der Waals surface area contributed by atoms with Crippen LogP contribution in [0.4, 0.5) is 0 Å². The highest BCUT2D eigenvalue weighted by atomic mass is 79.9. The van der Waals surface area contributed by atoms with Crippen molar-refractivity contribution in [2.45, 2.75) is 17.9 Å². The van der Waals surface area contributed by atoms with Gasteiger partial charge in [0.1, 0.15) is 4.83 Å². The molecule has 2 atom stereocenters. The fourth-order valence-electron chi connectivity index (χ4n) is 0.108. The molecular weight excluding hydrogens is 158 g/mol. The first-order valence-electron chi connectivity index (χ1n) is 1.90. The van der Waals surface area contributed by atoms with Crippen molar-refractivity contribution >= 4 is 15.9 Å². The number of nitrogens with zero attached hydrogens (tertiary/aromatic N) is 1. The number of aliphatic hydroxyl groups is 1. The Morgan fingerprint density at radius 2 is 2.29 bits per heavy atom. The van der Waals surface area contributed by atoms with Crippen LogP contribution in [0.1, 0.15) is 6.92 Å². The number of rotatable bonds is 1. The predicted molar refractivity (Wildman–Crippen MR) is 30.0 cm³/mol. The zero-order valence-corrected chi connectivity index (χ0v) is 5.51. The summed E-state index contributed by atoms with van der Waals surface area (Å²) in [6.07, 6.45) is -0.579. The van der Waals surface area contributed by atoms with Gasteiger partial charge in [0.05, 0.1) is 12.2 Å². The van der Waals surface area contributed by atoms with Crippen LogP contribution in [-0.2, 0) is 0 Å². The summed E-state index contributed by atoms with van der Waals surface area (Å²) in [5.41, 5.74) is 0. The van der Waals surface area contributed by atoms with Gasteiger partial charge < -0.3 is 5.11 Å². The molecule has 0 fully saturated rings. The second kappa shape index (κ2) is 3.00. The monoisotopic (exact) mass is 163 g/mol. The van der Waals surface area contributed by atoms with E-state index < -0.39 is 10.9 Å². The van der Waals surface area contributed by atoms with Crippen LogP contribution in [0.3, 0.4) is 0 Å². The minimum Gasteiger partial charge on any atom is -0.391 e. The van der Waals surface area contributed by atoms with Crippen LogP contribution >= 0.6 is 15.9 Å². The fraction of sp³-hybridized carbons (Fsp3) is 0.750. The van der Waals surface area contributed by atoms with Gasteiger partial charge in [-0.15, -0.1) is 0 Å². The summed E-state index contributed by atoms with van der Waals surface area (Å²) in [5, 5.41) is 16.6. The van der Waals surface area contributed by atoms with Crippen LogP contribution in [0.5, 0.6) is 0 Å². The van der Waals surface area contributed by atoms with Gasteiger partial charge in [-0.2, -0.15) is 5.26 Å². The molecule has 0 amide bonds. The smallest absolute Gasteiger partial charge is 0.127 e. The fourth-order valence-corrected chi connectivity index (χ4v) is 0.108. The highest BCUT2D eigenvalue weighted by molar-refractivity contribution is 9.09. The molecule has 0 bridgehead atoms. The topological polar surface area (TPSA) is 44.0 Å². The first-order valence-corrected chi connectivity index (χ1v) is 2.82. The van der Waals surface area contributed by atoms with E-state index in [9.17, 15) is 0 Å². The number of halogens is 1. The van der Waals surface area contributed by atoms with Gasteiger partial charge in [-0.1, -0.05) is 15.9 Å². The molecule has 0 heterocycles. The maximum Gasteiger partial charge on any atom is 0.127 e. The highest BCUT2D eigenvalue weighted by Crippen LogP contribution is 2.01. The highest BCUT2D eigenvalue weighted by Gasteiger charge is 2.06. The Labute approximate surface area is 50.9 Å². The standard InChI is InChI=1S/C4H6BrNO/c1-3(7)4(5)2-6/h3-4,7H,1H3/t3-,4+/m1/s1. The van der Waals surface area contributed by atoms with Gasteiger partial charge in [-0.3, -0.25) is 0 Å². The maximum atomic E-state index is 8.55. The molecule has 0 rings (SSSR count). The van der Waals surface area contributed by atoms with Crippen molar-refractivity contribution in [2.24, 2.45) is 0 Å². The number of nitriles is 1. The molecule has 0 radical (unpaired) electrons. The second-order valence-electron chi connectivity index (χ2n) is 1.27. The Kier molecular flexibility index (Phi) is 2.97. The average molecular weight is 164 g/mol. The largest absolute Gasteiger partial charge is 0.391 e. The van der Waals surface area contributed by atoms with Crippen molar-refractivity contribution in [2.75, 3.05) is 0 Å². The van der Waals surface area contributed by atoms with Crippen LogP contribution in [0, 0.1) is 11.3 Å². The summed E-state index contributed by atoms with van der Waals surface area (Å²) >= 11 is 2.93. The summed E-state index contributed by atoms with van der Waals surface area (Å²) in [5.74, 6) is 0. The molecule has 40 valence electrons. The SMILES string of the molecule is C[C@@H](O)[C@@H](Br)C#N. The van der Waals surface area contributed by atoms with Crippen LogP contribution in [0.25, 0.3) is 0 Å². The van der Waals surface area contributed by atoms with E-state index in [2.05, 4.69) is 15.9 Å². The van der Waals surface area contributed by atoms with E-state index in [4.69, 9.17) is 10.4 Å². The molecule has 0 spiro atoms. The third-order valence-corrected chi connectivity index (χ3v) is 1.52. The molecular formula is C4H6BrNO. The lowest BCUT2D eigenvalue weighted by molar-refractivity contribution is 0.207. The zero-order valence-electron chi connectivity index (χ0n) is 3.93. The third kappa shape index (κ3) is 2.60. The molecule has 0 unspecified atom stereocenters. The Morgan fingerprint density at radius 1 is 1.86 bits per heavy atom. The van der Waals surface area contributed by atoms with Crippen molar-refractivity contribution in [1.82, 2.24) is 0 Å². The molecule has 2 nitrogen and oxygen atoms in total. The van der Waals surface area contributed by atoms with E-state index in [0.717, 1.165) is 0 Å². The molecule has 0 saturated carbocycles. The molecule has 1 N–H and O–H groups in total. The van der Waals surface area contributed by atoms with Gasteiger partial charge in [0.25, 0.3) is 0 Å². The summed E-state index contributed by atoms with van der Waals surface area (Å²) in [7, 11) is 0. The van der Waals surface area contributed by atoms with E-state index in [-0.39, 0.29) is 0 Å². The summed E-state index contributed by atoms with van der Waals surface area (Å²) in [6, 6.07) is 1.83. The predicted octanol–water partition coefficient (Wildman–Crippen LogP) is 0.654. The molecule has 7 heavy (non-hydrogen) atoms. The summed E-state index contributed by atoms with van der Waals surface area (Å²) < 4.78 is 0. The molecule has 0 aliphatic carbocycles. The van der Waals surface area contributed by atoms with Gasteiger partial charge in [0.15, 0.2) is 0 Å².